The van der Waals surface area contributed by atoms with Gasteiger partial charge in [-0.1, -0.05) is 12.1 Å². The molecule has 5 heterocycles. The zero-order valence-corrected chi connectivity index (χ0v) is 21.0. The van der Waals surface area contributed by atoms with Crippen LogP contribution in [0.15, 0.2) is 55.0 Å². The van der Waals surface area contributed by atoms with Crippen LogP contribution in [0.1, 0.15) is 42.5 Å². The first-order valence-electron chi connectivity index (χ1n) is 12.4. The number of rotatable bonds is 5. The lowest BCUT2D eigenvalue weighted by molar-refractivity contribution is -0.00820. The normalized spacial score (nSPS) is 17.7. The summed E-state index contributed by atoms with van der Waals surface area (Å²) in [5.74, 6) is 1.14. The van der Waals surface area contributed by atoms with Crippen molar-refractivity contribution in [1.82, 2.24) is 30.0 Å². The molecule has 0 spiro atoms. The molecule has 2 aliphatic rings. The summed E-state index contributed by atoms with van der Waals surface area (Å²) >= 11 is 0. The number of amides is 1. The third-order valence-electron chi connectivity index (χ3n) is 7.22. The molecule has 0 radical (unpaired) electrons. The lowest BCUT2D eigenvalue weighted by atomic mass is 9.89. The van der Waals surface area contributed by atoms with E-state index in [0.29, 0.717) is 24.0 Å². The van der Waals surface area contributed by atoms with Crippen LogP contribution in [-0.4, -0.2) is 61.3 Å². The summed E-state index contributed by atoms with van der Waals surface area (Å²) in [6.45, 7) is 6.68. The minimum Gasteiger partial charge on any atom is -0.352 e. The molecule has 1 fully saturated rings. The molecule has 10 heteroatoms. The number of aromatic nitrogens is 5. The number of alkyl halides is 1. The number of carbonyl (C=O) groups is 1. The van der Waals surface area contributed by atoms with Crippen molar-refractivity contribution in [3.05, 3.63) is 71.9 Å². The van der Waals surface area contributed by atoms with E-state index in [1.165, 1.54) is 6.92 Å². The summed E-state index contributed by atoms with van der Waals surface area (Å²) in [7, 11) is 0. The summed E-state index contributed by atoms with van der Waals surface area (Å²) < 4.78 is 13.9. The molecule has 1 amide bonds. The van der Waals surface area contributed by atoms with Crippen molar-refractivity contribution in [2.45, 2.75) is 38.4 Å². The van der Waals surface area contributed by atoms with Gasteiger partial charge in [0.1, 0.15) is 17.2 Å². The first-order chi connectivity index (χ1) is 17.7. The van der Waals surface area contributed by atoms with E-state index in [2.05, 4.69) is 44.2 Å². The largest absolute Gasteiger partial charge is 0.352 e. The van der Waals surface area contributed by atoms with Crippen LogP contribution in [0.25, 0.3) is 11.1 Å². The van der Waals surface area contributed by atoms with E-state index >= 15 is 0 Å². The lowest BCUT2D eigenvalue weighted by Gasteiger charge is -2.42. The van der Waals surface area contributed by atoms with E-state index in [0.717, 1.165) is 34.5 Å². The summed E-state index contributed by atoms with van der Waals surface area (Å²) in [6, 6.07) is 11.8. The fraction of sp³-hybridized carbons (Fsp3) is 0.333. The summed E-state index contributed by atoms with van der Waals surface area (Å²) in [5.41, 5.74) is 3.82. The number of halogens is 1. The number of likely N-dealkylation sites (tertiary alicyclic amines) is 1. The van der Waals surface area contributed by atoms with Gasteiger partial charge >= 0.3 is 0 Å². The highest BCUT2D eigenvalue weighted by atomic mass is 19.1. The molecule has 0 aliphatic carbocycles. The van der Waals surface area contributed by atoms with Crippen LogP contribution in [0.5, 0.6) is 0 Å². The summed E-state index contributed by atoms with van der Waals surface area (Å²) in [4.78, 5) is 29.3. The topological polar surface area (TPSA) is 106 Å². The molecule has 0 bridgehead atoms. The van der Waals surface area contributed by atoms with Gasteiger partial charge in [-0.25, -0.2) is 9.37 Å². The SMILES string of the molecule is CC1(F)CN(C(=O)c2cc3c([nH]2)C(C)(C)N(c2nccc(Nc4ccc(-c5cn[nH]c5)cc4)n2)CC3)C1. The number of nitrogens with one attached hydrogen (secondary N) is 3. The van der Waals surface area contributed by atoms with Gasteiger partial charge in [0, 0.05) is 35.9 Å². The minimum atomic E-state index is -1.30. The zero-order valence-electron chi connectivity index (χ0n) is 21.0. The molecule has 0 saturated carbocycles. The number of benzene rings is 1. The summed E-state index contributed by atoms with van der Waals surface area (Å²) in [5, 5.41) is 10.2. The van der Waals surface area contributed by atoms with E-state index in [4.69, 9.17) is 4.98 Å². The first-order valence-corrected chi connectivity index (χ1v) is 12.4. The van der Waals surface area contributed by atoms with Gasteiger partial charge in [-0.3, -0.25) is 9.89 Å². The number of hydrogen-bond donors (Lipinski definition) is 3. The van der Waals surface area contributed by atoms with Crippen molar-refractivity contribution in [3.63, 3.8) is 0 Å². The molecule has 2 aliphatic heterocycles. The smallest absolute Gasteiger partial charge is 0.270 e. The van der Waals surface area contributed by atoms with Gasteiger partial charge in [-0.15, -0.1) is 0 Å². The fourth-order valence-electron chi connectivity index (χ4n) is 5.27. The Morgan fingerprint density at radius 2 is 1.89 bits per heavy atom. The molecule has 4 aromatic rings. The van der Waals surface area contributed by atoms with Gasteiger partial charge in [0.25, 0.3) is 5.91 Å². The van der Waals surface area contributed by atoms with E-state index in [1.807, 2.05) is 42.6 Å². The van der Waals surface area contributed by atoms with E-state index in [9.17, 15) is 9.18 Å². The van der Waals surface area contributed by atoms with Crippen LogP contribution >= 0.6 is 0 Å². The number of hydrogen-bond acceptors (Lipinski definition) is 6. The molecule has 9 nitrogen and oxygen atoms in total. The van der Waals surface area contributed by atoms with Gasteiger partial charge in [0.05, 0.1) is 24.8 Å². The Morgan fingerprint density at radius 3 is 2.59 bits per heavy atom. The quantitative estimate of drug-likeness (QED) is 0.375. The Morgan fingerprint density at radius 1 is 1.11 bits per heavy atom. The molecule has 190 valence electrons. The van der Waals surface area contributed by atoms with Gasteiger partial charge in [-0.2, -0.15) is 10.1 Å². The number of aromatic amines is 2. The maximum Gasteiger partial charge on any atom is 0.270 e. The molecule has 37 heavy (non-hydrogen) atoms. The molecule has 0 unspecified atom stereocenters. The average Bonchev–Trinajstić information content (AvgIpc) is 3.54. The number of fused-ring (bicyclic) bond motifs is 1. The average molecular weight is 501 g/mol. The highest BCUT2D eigenvalue weighted by Gasteiger charge is 2.43. The van der Waals surface area contributed by atoms with Crippen molar-refractivity contribution >= 4 is 23.4 Å². The van der Waals surface area contributed by atoms with E-state index < -0.39 is 11.2 Å². The minimum absolute atomic E-state index is 0.130. The second-order valence-electron chi connectivity index (χ2n) is 10.5. The van der Waals surface area contributed by atoms with Crippen molar-refractivity contribution in [2.75, 3.05) is 29.9 Å². The van der Waals surface area contributed by atoms with Crippen LogP contribution in [0.3, 0.4) is 0 Å². The predicted molar refractivity (Wildman–Crippen MR) is 140 cm³/mol. The highest BCUT2D eigenvalue weighted by molar-refractivity contribution is 5.93. The molecular formula is C27H29FN8O. The number of nitrogens with zero attached hydrogens (tertiary/aromatic N) is 5. The van der Waals surface area contributed by atoms with Crippen LogP contribution in [0.2, 0.25) is 0 Å². The fourth-order valence-corrected chi connectivity index (χ4v) is 5.27. The molecule has 3 N–H and O–H groups in total. The number of carbonyl (C=O) groups excluding carboxylic acids is 1. The second kappa shape index (κ2) is 8.43. The Hall–Kier alpha value is -4.21. The zero-order chi connectivity index (χ0) is 25.8. The third-order valence-corrected chi connectivity index (χ3v) is 7.22. The van der Waals surface area contributed by atoms with E-state index in [1.54, 1.807) is 17.3 Å². The van der Waals surface area contributed by atoms with Crippen LogP contribution in [0, 0.1) is 0 Å². The van der Waals surface area contributed by atoms with Gasteiger partial charge in [0.2, 0.25) is 5.95 Å². The number of H-pyrrole nitrogens is 2. The maximum atomic E-state index is 13.9. The van der Waals surface area contributed by atoms with Crippen molar-refractivity contribution in [2.24, 2.45) is 0 Å². The molecule has 6 rings (SSSR count). The molecule has 1 aromatic carbocycles. The van der Waals surface area contributed by atoms with Crippen molar-refractivity contribution < 1.29 is 9.18 Å². The Bertz CT molecular complexity index is 1430. The highest BCUT2D eigenvalue weighted by Crippen LogP contribution is 2.38. The van der Waals surface area contributed by atoms with Crippen molar-refractivity contribution in [3.8, 4) is 11.1 Å². The first kappa shape index (κ1) is 23.2. The monoisotopic (exact) mass is 500 g/mol. The second-order valence-corrected chi connectivity index (χ2v) is 10.5. The van der Waals surface area contributed by atoms with Gasteiger partial charge in [0.15, 0.2) is 0 Å². The molecule has 0 atom stereocenters. The van der Waals surface area contributed by atoms with Crippen LogP contribution in [-0.2, 0) is 12.0 Å². The molecular weight excluding hydrogens is 471 g/mol. The van der Waals surface area contributed by atoms with Crippen molar-refractivity contribution in [1.29, 1.82) is 0 Å². The Kier molecular flexibility index (Phi) is 5.29. The van der Waals surface area contributed by atoms with Gasteiger partial charge in [-0.05, 0) is 62.6 Å². The lowest BCUT2D eigenvalue weighted by Crippen LogP contribution is -2.59. The predicted octanol–water partition coefficient (Wildman–Crippen LogP) is 4.42. The maximum absolute atomic E-state index is 13.9. The summed E-state index contributed by atoms with van der Waals surface area (Å²) in [6.07, 6.45) is 6.15. The van der Waals surface area contributed by atoms with Gasteiger partial charge < -0.3 is 20.1 Å². The molecule has 3 aromatic heterocycles. The third kappa shape index (κ3) is 4.22. The molecule has 1 saturated heterocycles. The Labute approximate surface area is 214 Å². The Balaban J connectivity index is 1.20. The standard InChI is InChI=1S/C27H29FN8O/c1-26(2)23-18(12-21(33-23)24(37)35-15-27(3,28)16-35)9-11-36(26)25-29-10-8-22(34-25)32-20-6-4-17(5-7-20)19-13-30-31-14-19/h4-8,10,12-14,33H,9,11,15-16H2,1-3H3,(H,30,31)(H,29,32,34). The number of anilines is 3. The van der Waals surface area contributed by atoms with E-state index in [-0.39, 0.29) is 19.0 Å². The van der Waals surface area contributed by atoms with Crippen LogP contribution < -0.4 is 10.2 Å². The van der Waals surface area contributed by atoms with Crippen LogP contribution in [0.4, 0.5) is 21.8 Å².